The molecule has 1 aliphatic rings. The average Bonchev–Trinajstić information content (AvgIpc) is 2.83. The number of amides is 1. The molecule has 0 aliphatic carbocycles. The summed E-state index contributed by atoms with van der Waals surface area (Å²) in [6.45, 7) is 0.703. The van der Waals surface area contributed by atoms with Crippen LogP contribution in [0.1, 0.15) is 5.56 Å². The summed E-state index contributed by atoms with van der Waals surface area (Å²) in [6.07, 6.45) is 1.39. The number of carbonyl (C=O) groups is 1. The molecule has 1 fully saturated rings. The van der Waals surface area contributed by atoms with Crippen molar-refractivity contribution in [1.29, 1.82) is 0 Å². The maximum Gasteiger partial charge on any atom is 0.265 e. The smallest absolute Gasteiger partial charge is 0.265 e. The molecular weight excluding hydrogens is 474 g/mol. The number of methoxy groups -OCH3 is 2. The molecule has 0 unspecified atom stereocenters. The quantitative estimate of drug-likeness (QED) is 0.417. The van der Waals surface area contributed by atoms with Crippen LogP contribution in [0.3, 0.4) is 0 Å². The minimum absolute atomic E-state index is 0.0626. The van der Waals surface area contributed by atoms with Crippen LogP contribution in [0.2, 0.25) is 5.02 Å². The molecule has 10 nitrogen and oxygen atoms in total. The van der Waals surface area contributed by atoms with Gasteiger partial charge in [0.1, 0.15) is 4.90 Å². The molecule has 0 spiro atoms. The standard InChI is InChI=1S/C21H24ClN3O7S/c1-29-18-5-3-4-15(21(18)30-2)13-23-32-14-20(26)24-16-6-7-17(22)19(12-16)33(27,28)25-8-10-31-11-9-25/h3-7,12-13H,8-11,14H2,1-2H3,(H,24,26)/b23-13+. The van der Waals surface area contributed by atoms with Crippen molar-refractivity contribution in [3.63, 3.8) is 0 Å². The van der Waals surface area contributed by atoms with Crippen molar-refractivity contribution in [2.45, 2.75) is 4.90 Å². The number of para-hydroxylation sites is 1. The highest BCUT2D eigenvalue weighted by molar-refractivity contribution is 7.89. The Morgan fingerprint density at radius 3 is 2.67 bits per heavy atom. The summed E-state index contributed by atoms with van der Waals surface area (Å²) >= 11 is 6.13. The van der Waals surface area contributed by atoms with E-state index >= 15 is 0 Å². The van der Waals surface area contributed by atoms with Gasteiger partial charge in [0.15, 0.2) is 18.1 Å². The summed E-state index contributed by atoms with van der Waals surface area (Å²) in [5, 5.41) is 6.42. The van der Waals surface area contributed by atoms with Crippen LogP contribution in [0, 0.1) is 0 Å². The molecule has 1 amide bonds. The number of nitrogens with zero attached hydrogens (tertiary/aromatic N) is 2. The lowest BCUT2D eigenvalue weighted by Gasteiger charge is -2.26. The second-order valence-electron chi connectivity index (χ2n) is 6.80. The lowest BCUT2D eigenvalue weighted by molar-refractivity contribution is -0.120. The third kappa shape index (κ3) is 6.14. The lowest BCUT2D eigenvalue weighted by atomic mass is 10.2. The first-order chi connectivity index (χ1) is 15.9. The molecular formula is C21H24ClN3O7S. The van der Waals surface area contributed by atoms with E-state index in [1.54, 1.807) is 18.2 Å². The number of sulfonamides is 1. The molecule has 0 saturated carbocycles. The van der Waals surface area contributed by atoms with Crippen molar-refractivity contribution in [2.75, 3.05) is 52.4 Å². The minimum Gasteiger partial charge on any atom is -0.493 e. The van der Waals surface area contributed by atoms with E-state index in [0.717, 1.165) is 0 Å². The van der Waals surface area contributed by atoms with Crippen LogP contribution < -0.4 is 14.8 Å². The summed E-state index contributed by atoms with van der Waals surface area (Å²) in [4.78, 5) is 17.2. The second-order valence-corrected chi connectivity index (χ2v) is 9.11. The number of anilines is 1. The SMILES string of the molecule is COc1cccc(/C=N/OCC(=O)Nc2ccc(Cl)c(S(=O)(=O)N3CCOCC3)c2)c1OC. The molecule has 0 radical (unpaired) electrons. The summed E-state index contributed by atoms with van der Waals surface area (Å²) in [5.74, 6) is 0.485. The van der Waals surface area contributed by atoms with Gasteiger partial charge in [-0.15, -0.1) is 0 Å². The Hall–Kier alpha value is -2.86. The van der Waals surface area contributed by atoms with Gasteiger partial charge in [0.05, 0.1) is 38.7 Å². The van der Waals surface area contributed by atoms with Gasteiger partial charge in [0.25, 0.3) is 5.91 Å². The molecule has 0 aromatic heterocycles. The van der Waals surface area contributed by atoms with Gasteiger partial charge in [0, 0.05) is 24.3 Å². The zero-order chi connectivity index (χ0) is 23.8. The van der Waals surface area contributed by atoms with Gasteiger partial charge >= 0.3 is 0 Å². The number of carbonyl (C=O) groups excluding carboxylic acids is 1. The molecule has 3 rings (SSSR count). The van der Waals surface area contributed by atoms with Crippen LogP contribution in [0.15, 0.2) is 46.4 Å². The largest absolute Gasteiger partial charge is 0.493 e. The van der Waals surface area contributed by atoms with Crippen LogP contribution in [-0.2, 0) is 24.4 Å². The molecule has 178 valence electrons. The van der Waals surface area contributed by atoms with E-state index in [1.165, 1.54) is 42.9 Å². The zero-order valence-corrected chi connectivity index (χ0v) is 19.7. The van der Waals surface area contributed by atoms with E-state index in [4.69, 9.17) is 30.6 Å². The van der Waals surface area contributed by atoms with E-state index in [-0.39, 0.29) is 28.7 Å². The topological polar surface area (TPSA) is 116 Å². The van der Waals surface area contributed by atoms with Crippen LogP contribution in [0.5, 0.6) is 11.5 Å². The molecule has 2 aromatic rings. The van der Waals surface area contributed by atoms with E-state index in [0.29, 0.717) is 30.3 Å². The Morgan fingerprint density at radius 1 is 1.21 bits per heavy atom. The van der Waals surface area contributed by atoms with Gasteiger partial charge in [-0.25, -0.2) is 8.42 Å². The predicted molar refractivity (Wildman–Crippen MR) is 123 cm³/mol. The molecule has 1 saturated heterocycles. The number of oxime groups is 1. The second kappa shape index (κ2) is 11.3. The summed E-state index contributed by atoms with van der Waals surface area (Å²) < 4.78 is 42.8. The van der Waals surface area contributed by atoms with Crippen molar-refractivity contribution in [3.8, 4) is 11.5 Å². The van der Waals surface area contributed by atoms with Gasteiger partial charge in [-0.3, -0.25) is 4.79 Å². The highest BCUT2D eigenvalue weighted by Crippen LogP contribution is 2.30. The third-order valence-corrected chi connectivity index (χ3v) is 7.08. The van der Waals surface area contributed by atoms with Gasteiger partial charge in [0.2, 0.25) is 10.0 Å². The number of benzene rings is 2. The van der Waals surface area contributed by atoms with Crippen molar-refractivity contribution >= 4 is 39.4 Å². The molecule has 33 heavy (non-hydrogen) atoms. The summed E-state index contributed by atoms with van der Waals surface area (Å²) in [7, 11) is -0.797. The number of nitrogens with one attached hydrogen (secondary N) is 1. The van der Waals surface area contributed by atoms with Crippen molar-refractivity contribution in [1.82, 2.24) is 4.31 Å². The van der Waals surface area contributed by atoms with Gasteiger partial charge < -0.3 is 24.4 Å². The average molecular weight is 498 g/mol. The lowest BCUT2D eigenvalue weighted by Crippen LogP contribution is -2.40. The van der Waals surface area contributed by atoms with Gasteiger partial charge in [-0.1, -0.05) is 22.8 Å². The fourth-order valence-electron chi connectivity index (χ4n) is 3.11. The maximum absolute atomic E-state index is 12.9. The molecule has 0 atom stereocenters. The molecule has 0 bridgehead atoms. The summed E-state index contributed by atoms with van der Waals surface area (Å²) in [5.41, 5.74) is 0.867. The first kappa shape index (κ1) is 24.8. The first-order valence-electron chi connectivity index (χ1n) is 9.90. The van der Waals surface area contributed by atoms with Crippen LogP contribution in [0.25, 0.3) is 0 Å². The van der Waals surface area contributed by atoms with Crippen molar-refractivity contribution in [3.05, 3.63) is 47.0 Å². The van der Waals surface area contributed by atoms with Crippen molar-refractivity contribution in [2.24, 2.45) is 5.16 Å². The molecule has 1 N–H and O–H groups in total. The predicted octanol–water partition coefficient (Wildman–Crippen LogP) is 2.37. The monoisotopic (exact) mass is 497 g/mol. The molecule has 2 aromatic carbocycles. The Labute approximate surface area is 197 Å². The van der Waals surface area contributed by atoms with Gasteiger partial charge in [-0.05, 0) is 30.3 Å². The molecule has 12 heteroatoms. The molecule has 1 aliphatic heterocycles. The van der Waals surface area contributed by atoms with E-state index in [9.17, 15) is 13.2 Å². The van der Waals surface area contributed by atoms with Crippen LogP contribution in [-0.4, -0.2) is 72.0 Å². The number of morpholine rings is 1. The highest BCUT2D eigenvalue weighted by Gasteiger charge is 2.28. The highest BCUT2D eigenvalue weighted by atomic mass is 35.5. The van der Waals surface area contributed by atoms with Gasteiger partial charge in [-0.2, -0.15) is 4.31 Å². The van der Waals surface area contributed by atoms with Crippen LogP contribution in [0.4, 0.5) is 5.69 Å². The van der Waals surface area contributed by atoms with Crippen molar-refractivity contribution < 1.29 is 32.3 Å². The number of halogens is 1. The Balaban J connectivity index is 1.62. The third-order valence-electron chi connectivity index (χ3n) is 4.70. The first-order valence-corrected chi connectivity index (χ1v) is 11.7. The van der Waals surface area contributed by atoms with Crippen LogP contribution >= 0.6 is 11.6 Å². The normalized spacial score (nSPS) is 14.8. The van der Waals surface area contributed by atoms with E-state index < -0.39 is 22.5 Å². The Bertz CT molecular complexity index is 1120. The number of hydrogen-bond donors (Lipinski definition) is 1. The summed E-state index contributed by atoms with van der Waals surface area (Å²) in [6, 6.07) is 9.48. The Kier molecular flexibility index (Phi) is 8.50. The number of rotatable bonds is 9. The van der Waals surface area contributed by atoms with E-state index in [2.05, 4.69) is 10.5 Å². The fourth-order valence-corrected chi connectivity index (χ4v) is 5.01. The minimum atomic E-state index is -3.82. The Morgan fingerprint density at radius 2 is 1.97 bits per heavy atom. The zero-order valence-electron chi connectivity index (χ0n) is 18.1. The number of ether oxygens (including phenoxy) is 3. The number of hydrogen-bond acceptors (Lipinski definition) is 8. The maximum atomic E-state index is 12.9. The fraction of sp³-hybridized carbons (Fsp3) is 0.333. The molecule has 1 heterocycles. The van der Waals surface area contributed by atoms with E-state index in [1.807, 2.05) is 0 Å².